The first kappa shape index (κ1) is 13.6. The molecule has 23 heavy (non-hydrogen) atoms. The van der Waals surface area contributed by atoms with E-state index in [2.05, 4.69) is 33.1 Å². The Balaban J connectivity index is 1.71. The van der Waals surface area contributed by atoms with Gasteiger partial charge in [-0.2, -0.15) is 0 Å². The van der Waals surface area contributed by atoms with Gasteiger partial charge in [0.15, 0.2) is 0 Å². The molecule has 1 aromatic heterocycles. The number of rotatable bonds is 3. The maximum atomic E-state index is 10.2. The third kappa shape index (κ3) is 2.28. The van der Waals surface area contributed by atoms with Crippen molar-refractivity contribution in [1.82, 2.24) is 4.98 Å². The molecule has 0 bridgehead atoms. The van der Waals surface area contributed by atoms with Crippen LogP contribution in [0.4, 0.5) is 5.95 Å². The summed E-state index contributed by atoms with van der Waals surface area (Å²) in [6.45, 7) is 0.549. The van der Waals surface area contributed by atoms with E-state index in [1.165, 1.54) is 0 Å². The standard InChI is InChI=1S/C19H17N3O/c1-22-17-9-5-4-8-16(17)21-19(22)20-12-15-14-7-3-2-6-13(14)10-11-18(15)23/h2-11H,12H2,1H3,(H2,20,21,23)/p+1. The predicted molar refractivity (Wildman–Crippen MR) is 92.4 cm³/mol. The molecule has 0 radical (unpaired) electrons. The summed E-state index contributed by atoms with van der Waals surface area (Å²) in [5.41, 5.74) is 3.12. The molecule has 0 aliphatic rings. The van der Waals surface area contributed by atoms with Gasteiger partial charge in [0.25, 0.3) is 0 Å². The fraction of sp³-hybridized carbons (Fsp3) is 0.105. The Morgan fingerprint density at radius 3 is 2.65 bits per heavy atom. The van der Waals surface area contributed by atoms with Crippen molar-refractivity contribution in [2.75, 3.05) is 5.32 Å². The molecular weight excluding hydrogens is 286 g/mol. The number of nitrogens with zero attached hydrogens (tertiary/aromatic N) is 1. The number of aryl methyl sites for hydroxylation is 1. The lowest BCUT2D eigenvalue weighted by molar-refractivity contribution is -0.630. The fourth-order valence-electron chi connectivity index (χ4n) is 3.05. The lowest BCUT2D eigenvalue weighted by atomic mass is 10.0. The van der Waals surface area contributed by atoms with Crippen LogP contribution in [0.25, 0.3) is 21.8 Å². The monoisotopic (exact) mass is 304 g/mol. The number of benzene rings is 3. The van der Waals surface area contributed by atoms with E-state index in [0.29, 0.717) is 12.3 Å². The van der Waals surface area contributed by atoms with Crippen LogP contribution in [0.2, 0.25) is 0 Å². The Hall–Kier alpha value is -3.01. The first-order valence-electron chi connectivity index (χ1n) is 7.64. The minimum Gasteiger partial charge on any atom is -0.508 e. The van der Waals surface area contributed by atoms with Crippen molar-refractivity contribution in [3.8, 4) is 5.75 Å². The van der Waals surface area contributed by atoms with Gasteiger partial charge in [0.2, 0.25) is 0 Å². The van der Waals surface area contributed by atoms with Crippen LogP contribution >= 0.6 is 0 Å². The van der Waals surface area contributed by atoms with E-state index >= 15 is 0 Å². The number of hydrogen-bond donors (Lipinski definition) is 3. The van der Waals surface area contributed by atoms with E-state index in [4.69, 9.17) is 0 Å². The summed E-state index contributed by atoms with van der Waals surface area (Å²) in [6, 6.07) is 20.0. The highest BCUT2D eigenvalue weighted by atomic mass is 16.3. The van der Waals surface area contributed by atoms with Gasteiger partial charge in [-0.1, -0.05) is 42.5 Å². The van der Waals surface area contributed by atoms with Crippen LogP contribution in [-0.4, -0.2) is 10.1 Å². The van der Waals surface area contributed by atoms with Crippen LogP contribution in [-0.2, 0) is 13.6 Å². The number of aromatic hydroxyl groups is 1. The number of phenols is 1. The number of phenolic OH excluding ortho intramolecular Hbond substituents is 1. The van der Waals surface area contributed by atoms with E-state index in [0.717, 1.165) is 33.3 Å². The lowest BCUT2D eigenvalue weighted by Crippen LogP contribution is -2.30. The molecule has 1 heterocycles. The van der Waals surface area contributed by atoms with E-state index in [9.17, 15) is 5.11 Å². The van der Waals surface area contributed by atoms with Crippen molar-refractivity contribution in [2.45, 2.75) is 6.54 Å². The highest BCUT2D eigenvalue weighted by molar-refractivity contribution is 5.87. The molecule has 114 valence electrons. The lowest BCUT2D eigenvalue weighted by Gasteiger charge is -2.08. The number of H-pyrrole nitrogens is 1. The highest BCUT2D eigenvalue weighted by Crippen LogP contribution is 2.27. The van der Waals surface area contributed by atoms with E-state index < -0.39 is 0 Å². The summed E-state index contributed by atoms with van der Waals surface area (Å²) in [5.74, 6) is 1.23. The Bertz CT molecular complexity index is 1000. The molecule has 0 spiro atoms. The second-order valence-electron chi connectivity index (χ2n) is 5.69. The van der Waals surface area contributed by atoms with Gasteiger partial charge >= 0.3 is 5.95 Å². The largest absolute Gasteiger partial charge is 0.508 e. The average molecular weight is 304 g/mol. The van der Waals surface area contributed by atoms with Crippen LogP contribution in [0.5, 0.6) is 5.75 Å². The number of anilines is 1. The molecule has 0 saturated heterocycles. The minimum atomic E-state index is 0.315. The van der Waals surface area contributed by atoms with E-state index in [1.54, 1.807) is 6.07 Å². The molecule has 3 N–H and O–H groups in total. The zero-order chi connectivity index (χ0) is 15.8. The Kier molecular flexibility index (Phi) is 3.15. The number of para-hydroxylation sites is 2. The average Bonchev–Trinajstić information content (AvgIpc) is 2.90. The Morgan fingerprint density at radius 2 is 1.78 bits per heavy atom. The van der Waals surface area contributed by atoms with Gasteiger partial charge in [-0.3, -0.25) is 5.32 Å². The Morgan fingerprint density at radius 1 is 1.00 bits per heavy atom. The molecule has 0 fully saturated rings. The van der Waals surface area contributed by atoms with Crippen LogP contribution in [0.1, 0.15) is 5.56 Å². The zero-order valence-corrected chi connectivity index (χ0v) is 12.9. The number of nitrogens with one attached hydrogen (secondary N) is 2. The van der Waals surface area contributed by atoms with Crippen molar-refractivity contribution in [1.29, 1.82) is 0 Å². The normalized spacial score (nSPS) is 11.2. The fourth-order valence-corrected chi connectivity index (χ4v) is 3.05. The van der Waals surface area contributed by atoms with Crippen molar-refractivity contribution in [3.63, 3.8) is 0 Å². The number of fused-ring (bicyclic) bond motifs is 2. The van der Waals surface area contributed by atoms with Crippen LogP contribution in [0, 0.1) is 0 Å². The van der Waals surface area contributed by atoms with Gasteiger partial charge in [0, 0.05) is 5.56 Å². The number of aromatic amines is 1. The summed E-state index contributed by atoms with van der Waals surface area (Å²) in [4.78, 5) is 3.37. The van der Waals surface area contributed by atoms with E-state index in [-0.39, 0.29) is 0 Å². The maximum absolute atomic E-state index is 10.2. The van der Waals surface area contributed by atoms with Crippen molar-refractivity contribution < 1.29 is 9.67 Å². The van der Waals surface area contributed by atoms with Gasteiger partial charge in [0.05, 0.1) is 13.6 Å². The molecule has 4 nitrogen and oxygen atoms in total. The maximum Gasteiger partial charge on any atom is 0.356 e. The second kappa shape index (κ2) is 5.32. The van der Waals surface area contributed by atoms with Crippen molar-refractivity contribution in [3.05, 3.63) is 66.2 Å². The molecule has 4 aromatic rings. The minimum absolute atomic E-state index is 0.315. The molecule has 0 saturated carbocycles. The SMILES string of the molecule is C[n+]1c(NCc2c(O)ccc3ccccc23)[nH]c2ccccc21. The van der Waals surface area contributed by atoms with E-state index in [1.807, 2.05) is 43.4 Å². The van der Waals surface area contributed by atoms with Gasteiger partial charge in [-0.15, -0.1) is 0 Å². The molecule has 0 aliphatic carbocycles. The topological polar surface area (TPSA) is 51.9 Å². The third-order valence-corrected chi connectivity index (χ3v) is 4.30. The summed E-state index contributed by atoms with van der Waals surface area (Å²) in [6.07, 6.45) is 0. The summed E-state index contributed by atoms with van der Waals surface area (Å²) in [5, 5.41) is 15.8. The molecule has 0 aliphatic heterocycles. The number of hydrogen-bond acceptors (Lipinski definition) is 2. The quantitative estimate of drug-likeness (QED) is 0.508. The first-order chi connectivity index (χ1) is 11.2. The Labute approximate surface area is 134 Å². The highest BCUT2D eigenvalue weighted by Gasteiger charge is 2.15. The zero-order valence-electron chi connectivity index (χ0n) is 12.9. The molecule has 0 atom stereocenters. The summed E-state index contributed by atoms with van der Waals surface area (Å²) < 4.78 is 2.08. The summed E-state index contributed by atoms with van der Waals surface area (Å²) >= 11 is 0. The van der Waals surface area contributed by atoms with Crippen molar-refractivity contribution in [2.24, 2.45) is 7.05 Å². The van der Waals surface area contributed by atoms with Crippen LogP contribution in [0.3, 0.4) is 0 Å². The molecule has 3 aromatic carbocycles. The van der Waals surface area contributed by atoms with Crippen LogP contribution < -0.4 is 9.88 Å². The third-order valence-electron chi connectivity index (χ3n) is 4.30. The van der Waals surface area contributed by atoms with Gasteiger partial charge < -0.3 is 5.11 Å². The van der Waals surface area contributed by atoms with Gasteiger partial charge in [-0.05, 0) is 29.0 Å². The molecule has 0 unspecified atom stereocenters. The van der Waals surface area contributed by atoms with Crippen molar-refractivity contribution >= 4 is 27.8 Å². The first-order valence-corrected chi connectivity index (χ1v) is 7.64. The molecular formula is C19H18N3O+. The predicted octanol–water partition coefficient (Wildman–Crippen LogP) is 3.46. The molecule has 0 amide bonds. The molecule has 4 heteroatoms. The number of imidazole rings is 1. The van der Waals surface area contributed by atoms with Gasteiger partial charge in [-0.25, -0.2) is 9.55 Å². The number of aromatic nitrogens is 2. The summed E-state index contributed by atoms with van der Waals surface area (Å²) in [7, 11) is 2.02. The van der Waals surface area contributed by atoms with Gasteiger partial charge in [0.1, 0.15) is 16.8 Å². The molecule has 4 rings (SSSR count). The second-order valence-corrected chi connectivity index (χ2v) is 5.69. The smallest absolute Gasteiger partial charge is 0.356 e. The van der Waals surface area contributed by atoms with Crippen LogP contribution in [0.15, 0.2) is 60.7 Å².